The molecule has 1 fully saturated rings. The van der Waals surface area contributed by atoms with Crippen molar-refractivity contribution in [1.82, 2.24) is 4.90 Å². The lowest BCUT2D eigenvalue weighted by Gasteiger charge is -2.12. The van der Waals surface area contributed by atoms with Crippen molar-refractivity contribution in [2.24, 2.45) is 0 Å². The normalized spacial score (nSPS) is 14.6. The average molecular weight is 495 g/mol. The summed E-state index contributed by atoms with van der Waals surface area (Å²) in [5.41, 5.74) is 2.78. The molecule has 1 heterocycles. The second-order valence-corrected chi connectivity index (χ2v) is 8.98. The molecule has 0 unspecified atom stereocenters. The van der Waals surface area contributed by atoms with E-state index in [2.05, 4.69) is 6.07 Å². The number of rotatable bonds is 6. The van der Waals surface area contributed by atoms with Crippen LogP contribution in [0.4, 0.5) is 4.79 Å². The Labute approximate surface area is 205 Å². The minimum absolute atomic E-state index is 0.177. The molecule has 33 heavy (non-hydrogen) atoms. The number of halogens is 2. The first kappa shape index (κ1) is 22.9. The third-order valence-electron chi connectivity index (χ3n) is 4.90. The third-order valence-corrected chi connectivity index (χ3v) is 6.36. The number of amides is 2. The monoisotopic (exact) mass is 494 g/mol. The lowest BCUT2D eigenvalue weighted by molar-refractivity contribution is -0.123. The van der Waals surface area contributed by atoms with Crippen molar-refractivity contribution in [3.63, 3.8) is 0 Å². The lowest BCUT2D eigenvalue weighted by Crippen LogP contribution is -2.27. The summed E-state index contributed by atoms with van der Waals surface area (Å²) < 4.78 is 5.77. The first-order chi connectivity index (χ1) is 15.9. The fourth-order valence-corrected chi connectivity index (χ4v) is 4.40. The number of hydrogen-bond acceptors (Lipinski definition) is 5. The maximum absolute atomic E-state index is 12.8. The van der Waals surface area contributed by atoms with Crippen molar-refractivity contribution in [3.8, 4) is 11.8 Å². The van der Waals surface area contributed by atoms with Crippen molar-refractivity contribution in [2.75, 3.05) is 0 Å². The maximum atomic E-state index is 12.8. The molecule has 0 bridgehead atoms. The van der Waals surface area contributed by atoms with Crippen LogP contribution in [-0.4, -0.2) is 16.0 Å². The molecule has 2 amide bonds. The van der Waals surface area contributed by atoms with Gasteiger partial charge in [0.05, 0.1) is 28.1 Å². The molecule has 1 aliphatic rings. The van der Waals surface area contributed by atoms with Crippen molar-refractivity contribution in [2.45, 2.75) is 13.2 Å². The van der Waals surface area contributed by atoms with Crippen LogP contribution in [-0.2, 0) is 17.9 Å². The van der Waals surface area contributed by atoms with Crippen molar-refractivity contribution >= 4 is 52.2 Å². The zero-order chi connectivity index (χ0) is 23.4. The van der Waals surface area contributed by atoms with Crippen molar-refractivity contribution in [1.29, 1.82) is 5.26 Å². The van der Waals surface area contributed by atoms with E-state index >= 15 is 0 Å². The Morgan fingerprint density at radius 3 is 2.52 bits per heavy atom. The Kier molecular flexibility index (Phi) is 7.05. The second kappa shape index (κ2) is 10.1. The van der Waals surface area contributed by atoms with Gasteiger partial charge in [0, 0.05) is 10.6 Å². The summed E-state index contributed by atoms with van der Waals surface area (Å²) in [4.78, 5) is 26.7. The highest BCUT2D eigenvalue weighted by Crippen LogP contribution is 2.35. The van der Waals surface area contributed by atoms with E-state index in [4.69, 9.17) is 27.9 Å². The summed E-state index contributed by atoms with van der Waals surface area (Å²) in [6.07, 6.45) is 1.63. The smallest absolute Gasteiger partial charge is 0.293 e. The number of imide groups is 1. The van der Waals surface area contributed by atoms with Gasteiger partial charge in [-0.1, -0.05) is 59.6 Å². The molecule has 0 spiro atoms. The van der Waals surface area contributed by atoms with Crippen LogP contribution in [0.15, 0.2) is 71.6 Å². The van der Waals surface area contributed by atoms with Gasteiger partial charge in [0.15, 0.2) is 0 Å². The summed E-state index contributed by atoms with van der Waals surface area (Å²) >= 11 is 13.2. The Morgan fingerprint density at radius 2 is 1.79 bits per heavy atom. The molecule has 0 atom stereocenters. The minimum Gasteiger partial charge on any atom is -0.487 e. The van der Waals surface area contributed by atoms with Gasteiger partial charge >= 0.3 is 0 Å². The molecule has 5 nitrogen and oxygen atoms in total. The highest BCUT2D eigenvalue weighted by atomic mass is 35.5. The summed E-state index contributed by atoms with van der Waals surface area (Å²) in [5, 5.41) is 9.81. The van der Waals surface area contributed by atoms with Crippen molar-refractivity contribution < 1.29 is 14.3 Å². The largest absolute Gasteiger partial charge is 0.487 e. The summed E-state index contributed by atoms with van der Waals surface area (Å²) in [6.45, 7) is 0.378. The van der Waals surface area contributed by atoms with Crippen LogP contribution >= 0.6 is 35.0 Å². The van der Waals surface area contributed by atoms with Crippen LogP contribution < -0.4 is 4.74 Å². The number of hydrogen-bond donors (Lipinski definition) is 0. The molecule has 1 saturated heterocycles. The van der Waals surface area contributed by atoms with Gasteiger partial charge in [-0.3, -0.25) is 14.5 Å². The number of nitriles is 1. The molecule has 4 rings (SSSR count). The molecular weight excluding hydrogens is 479 g/mol. The van der Waals surface area contributed by atoms with E-state index in [0.717, 1.165) is 22.9 Å². The van der Waals surface area contributed by atoms with E-state index in [-0.39, 0.29) is 24.3 Å². The van der Waals surface area contributed by atoms with Gasteiger partial charge in [-0.25, -0.2) is 0 Å². The highest BCUT2D eigenvalue weighted by molar-refractivity contribution is 8.18. The number of benzene rings is 3. The maximum Gasteiger partial charge on any atom is 0.293 e. The van der Waals surface area contributed by atoms with Crippen LogP contribution in [0.2, 0.25) is 10.0 Å². The number of nitrogens with zero attached hydrogens (tertiary/aromatic N) is 2. The molecule has 0 aromatic heterocycles. The zero-order valence-corrected chi connectivity index (χ0v) is 19.5. The molecule has 0 saturated carbocycles. The van der Waals surface area contributed by atoms with E-state index in [1.807, 2.05) is 12.1 Å². The molecular formula is C25H16Cl2N2O3S. The van der Waals surface area contributed by atoms with E-state index in [9.17, 15) is 14.9 Å². The van der Waals surface area contributed by atoms with Gasteiger partial charge in [0.1, 0.15) is 12.4 Å². The van der Waals surface area contributed by atoms with Gasteiger partial charge in [-0.2, -0.15) is 5.26 Å². The quantitative estimate of drug-likeness (QED) is 0.357. The van der Waals surface area contributed by atoms with Crippen molar-refractivity contribution in [3.05, 3.63) is 104 Å². The van der Waals surface area contributed by atoms with Crippen LogP contribution in [0.5, 0.6) is 5.75 Å². The predicted molar refractivity (Wildman–Crippen MR) is 130 cm³/mol. The number of ether oxygens (including phenoxy) is 1. The molecule has 1 aliphatic heterocycles. The van der Waals surface area contributed by atoms with Gasteiger partial charge in [-0.05, 0) is 59.3 Å². The van der Waals surface area contributed by atoms with E-state index in [0.29, 0.717) is 31.8 Å². The van der Waals surface area contributed by atoms with Crippen LogP contribution in [0.3, 0.4) is 0 Å². The third kappa shape index (κ3) is 5.40. The molecule has 3 aromatic rings. The van der Waals surface area contributed by atoms with Gasteiger partial charge in [0.2, 0.25) is 0 Å². The summed E-state index contributed by atoms with van der Waals surface area (Å²) in [5.74, 6) is 0.0990. The molecule has 164 valence electrons. The van der Waals surface area contributed by atoms with E-state index < -0.39 is 0 Å². The number of carbonyl (C=O) groups excluding carboxylic acids is 2. The van der Waals surface area contributed by atoms with Gasteiger partial charge < -0.3 is 4.74 Å². The van der Waals surface area contributed by atoms with Crippen LogP contribution in [0, 0.1) is 11.3 Å². The fraction of sp³-hybridized carbons (Fsp3) is 0.0800. The molecule has 3 aromatic carbocycles. The van der Waals surface area contributed by atoms with E-state index in [1.54, 1.807) is 60.7 Å². The molecule has 0 N–H and O–H groups in total. The number of thioether (sulfide) groups is 1. The SMILES string of the molecule is N#Cc1ccccc1COc1ccc(/C=C2\SC(=O)N(Cc3ccc(Cl)cc3)C2=O)cc1Cl. The molecule has 0 radical (unpaired) electrons. The highest BCUT2D eigenvalue weighted by Gasteiger charge is 2.35. The minimum atomic E-state index is -0.357. The Hall–Kier alpha value is -3.24. The molecule has 8 heteroatoms. The first-order valence-electron chi connectivity index (χ1n) is 9.85. The summed E-state index contributed by atoms with van der Waals surface area (Å²) in [6, 6.07) is 21.4. The first-order valence-corrected chi connectivity index (χ1v) is 11.4. The Bertz CT molecular complexity index is 1300. The predicted octanol–water partition coefficient (Wildman–Crippen LogP) is 6.68. The fourth-order valence-electron chi connectivity index (χ4n) is 3.19. The van der Waals surface area contributed by atoms with Gasteiger partial charge in [-0.15, -0.1) is 0 Å². The zero-order valence-electron chi connectivity index (χ0n) is 17.1. The topological polar surface area (TPSA) is 70.4 Å². The van der Waals surface area contributed by atoms with Crippen LogP contribution in [0.1, 0.15) is 22.3 Å². The lowest BCUT2D eigenvalue weighted by atomic mass is 10.1. The standard InChI is InChI=1S/C25H16Cl2N2O3S/c26-20-8-5-16(6-9-20)14-29-24(30)23(33-25(29)31)12-17-7-10-22(21(27)11-17)32-15-19-4-2-1-3-18(19)13-28/h1-12H,14-15H2/b23-12-. The Balaban J connectivity index is 1.46. The molecule has 0 aliphatic carbocycles. The summed E-state index contributed by atoms with van der Waals surface area (Å²) in [7, 11) is 0. The van der Waals surface area contributed by atoms with Crippen LogP contribution in [0.25, 0.3) is 6.08 Å². The van der Waals surface area contributed by atoms with E-state index in [1.165, 1.54) is 4.90 Å². The number of carbonyl (C=O) groups is 2. The van der Waals surface area contributed by atoms with Gasteiger partial charge in [0.25, 0.3) is 11.1 Å². The second-order valence-electron chi connectivity index (χ2n) is 7.14. The Morgan fingerprint density at radius 1 is 1.03 bits per heavy atom. The average Bonchev–Trinajstić information content (AvgIpc) is 3.07.